The third kappa shape index (κ3) is 35.4. The first-order chi connectivity index (χ1) is 22.3. The topological polar surface area (TPSA) is 61.8 Å². The minimum atomic E-state index is -0.380. The summed E-state index contributed by atoms with van der Waals surface area (Å²) in [5, 5.41) is 0. The highest BCUT2D eigenvalue weighted by Crippen LogP contribution is 2.15. The van der Waals surface area contributed by atoms with Gasteiger partial charge in [-0.15, -0.1) is 0 Å². The Morgan fingerprint density at radius 2 is 0.711 bits per heavy atom. The quantitative estimate of drug-likeness (QED) is 0.0293. The summed E-state index contributed by atoms with van der Waals surface area (Å²) in [6.07, 6.45) is 42.6. The van der Waals surface area contributed by atoms with E-state index in [1.54, 1.807) is 0 Å². The van der Waals surface area contributed by atoms with Gasteiger partial charge in [-0.2, -0.15) is 0 Å². The average molecular weight is 635 g/mol. The van der Waals surface area contributed by atoms with Gasteiger partial charge in [0.05, 0.1) is 13.2 Å². The van der Waals surface area contributed by atoms with Crippen molar-refractivity contribution in [1.82, 2.24) is 0 Å². The largest absolute Gasteiger partial charge is 0.349 e. The number of ether oxygens (including phenoxy) is 3. The molecule has 264 valence electrons. The zero-order chi connectivity index (χ0) is 32.7. The van der Waals surface area contributed by atoms with Crippen LogP contribution in [0.1, 0.15) is 194 Å². The second kappa shape index (κ2) is 38.9. The molecule has 5 heteroatoms. The van der Waals surface area contributed by atoms with Gasteiger partial charge in [-0.25, -0.2) is 0 Å². The number of aldehydes is 2. The van der Waals surface area contributed by atoms with Crippen LogP contribution in [0.5, 0.6) is 0 Å². The number of carbonyl (C=O) groups is 2. The molecule has 5 nitrogen and oxygen atoms in total. The van der Waals surface area contributed by atoms with Crippen LogP contribution in [0.4, 0.5) is 0 Å². The van der Waals surface area contributed by atoms with E-state index in [0.717, 1.165) is 51.1 Å². The summed E-state index contributed by atoms with van der Waals surface area (Å²) in [5.41, 5.74) is 0. The summed E-state index contributed by atoms with van der Waals surface area (Å²) in [6, 6.07) is 0. The Kier molecular flexibility index (Phi) is 37.8. The summed E-state index contributed by atoms with van der Waals surface area (Å²) in [4.78, 5) is 20.8. The van der Waals surface area contributed by atoms with Gasteiger partial charge >= 0.3 is 0 Å². The second-order valence-electron chi connectivity index (χ2n) is 12.7. The molecule has 2 unspecified atom stereocenters. The van der Waals surface area contributed by atoms with Crippen LogP contribution < -0.4 is 0 Å². The molecule has 0 saturated heterocycles. The van der Waals surface area contributed by atoms with Crippen LogP contribution in [0.3, 0.4) is 0 Å². The Morgan fingerprint density at radius 3 is 1.04 bits per heavy atom. The molecule has 0 aromatic carbocycles. The number of hydrogen-bond acceptors (Lipinski definition) is 5. The van der Waals surface area contributed by atoms with Gasteiger partial charge in [0.15, 0.2) is 12.6 Å². The van der Waals surface area contributed by atoms with Crippen LogP contribution in [0, 0.1) is 0 Å². The van der Waals surface area contributed by atoms with Crippen molar-refractivity contribution in [2.75, 3.05) is 13.2 Å². The molecular weight excluding hydrogens is 560 g/mol. The van der Waals surface area contributed by atoms with Crippen molar-refractivity contribution in [2.24, 2.45) is 0 Å². The summed E-state index contributed by atoms with van der Waals surface area (Å²) in [6.45, 7) is 5.90. The number of hydrogen-bond donors (Lipinski definition) is 0. The van der Waals surface area contributed by atoms with Crippen molar-refractivity contribution in [3.63, 3.8) is 0 Å². The van der Waals surface area contributed by atoms with Crippen LogP contribution in [0.2, 0.25) is 0 Å². The standard InChI is InChI=1S/C40H74O5/c1-3-5-7-31-37-43-39(33-27-23-19-15-11-9-13-17-21-25-29-35-41)45-40(44-38-32-8-6-4-2)34-28-24-20-16-12-10-14-18-22-26-30-36-42/h27-28,33-36,39-40H,3-26,29-32,37-38H2,1-2H3. The van der Waals surface area contributed by atoms with Gasteiger partial charge in [0.25, 0.3) is 0 Å². The van der Waals surface area contributed by atoms with E-state index >= 15 is 0 Å². The van der Waals surface area contributed by atoms with Crippen LogP contribution in [-0.4, -0.2) is 38.4 Å². The van der Waals surface area contributed by atoms with Gasteiger partial charge in [0, 0.05) is 12.8 Å². The molecule has 0 saturated carbocycles. The highest BCUT2D eigenvalue weighted by molar-refractivity contribution is 5.49. The lowest BCUT2D eigenvalue weighted by Gasteiger charge is -2.22. The number of rotatable bonds is 38. The Balaban J connectivity index is 4.65. The number of unbranched alkanes of at least 4 members (excludes halogenated alkanes) is 24. The van der Waals surface area contributed by atoms with Crippen molar-refractivity contribution in [3.8, 4) is 0 Å². The van der Waals surface area contributed by atoms with E-state index in [9.17, 15) is 9.59 Å². The number of allylic oxidation sites excluding steroid dienone is 2. The minimum absolute atomic E-state index is 0.380. The molecule has 2 atom stereocenters. The summed E-state index contributed by atoms with van der Waals surface area (Å²) < 4.78 is 18.8. The molecule has 0 bridgehead atoms. The van der Waals surface area contributed by atoms with Gasteiger partial charge in [0.2, 0.25) is 0 Å². The van der Waals surface area contributed by atoms with E-state index in [1.165, 1.54) is 128 Å². The molecule has 0 N–H and O–H groups in total. The minimum Gasteiger partial charge on any atom is -0.349 e. The average Bonchev–Trinajstić information content (AvgIpc) is 3.05. The van der Waals surface area contributed by atoms with E-state index < -0.39 is 0 Å². The van der Waals surface area contributed by atoms with E-state index in [2.05, 4.69) is 38.2 Å². The summed E-state index contributed by atoms with van der Waals surface area (Å²) in [5.74, 6) is 0. The summed E-state index contributed by atoms with van der Waals surface area (Å²) >= 11 is 0. The highest BCUT2D eigenvalue weighted by atomic mass is 16.8. The van der Waals surface area contributed by atoms with Crippen molar-refractivity contribution in [1.29, 1.82) is 0 Å². The maximum atomic E-state index is 10.4. The SMILES string of the molecule is CCCCCCOC(C=CCCCCCCCCCCC=O)OC(C=CCCCCCCCCCCC=O)OCCCCCC. The van der Waals surface area contributed by atoms with Crippen molar-refractivity contribution < 1.29 is 23.8 Å². The van der Waals surface area contributed by atoms with Crippen LogP contribution in [-0.2, 0) is 23.8 Å². The third-order valence-electron chi connectivity index (χ3n) is 8.30. The predicted octanol–water partition coefficient (Wildman–Crippen LogP) is 12.2. The molecule has 0 radical (unpaired) electrons. The van der Waals surface area contributed by atoms with E-state index in [4.69, 9.17) is 14.2 Å². The molecule has 0 heterocycles. The van der Waals surface area contributed by atoms with Crippen molar-refractivity contribution >= 4 is 12.6 Å². The molecule has 0 amide bonds. The Morgan fingerprint density at radius 1 is 0.400 bits per heavy atom. The summed E-state index contributed by atoms with van der Waals surface area (Å²) in [7, 11) is 0. The van der Waals surface area contributed by atoms with E-state index in [1.807, 2.05) is 0 Å². The Labute approximate surface area is 279 Å². The lowest BCUT2D eigenvalue weighted by atomic mass is 10.1. The normalized spacial score (nSPS) is 13.2. The molecule has 45 heavy (non-hydrogen) atoms. The Hall–Kier alpha value is -1.30. The maximum absolute atomic E-state index is 10.4. The lowest BCUT2D eigenvalue weighted by Crippen LogP contribution is -2.25. The molecule has 0 aliphatic carbocycles. The fourth-order valence-electron chi connectivity index (χ4n) is 5.38. The van der Waals surface area contributed by atoms with Gasteiger partial charge < -0.3 is 23.8 Å². The molecule has 0 aliphatic rings. The fraction of sp³-hybridized carbons (Fsp3) is 0.850. The molecule has 0 fully saturated rings. The zero-order valence-electron chi connectivity index (χ0n) is 29.9. The van der Waals surface area contributed by atoms with Gasteiger partial charge in [0.1, 0.15) is 12.6 Å². The lowest BCUT2D eigenvalue weighted by molar-refractivity contribution is -0.208. The van der Waals surface area contributed by atoms with Gasteiger partial charge in [-0.05, 0) is 63.5 Å². The molecule has 0 spiro atoms. The third-order valence-corrected chi connectivity index (χ3v) is 8.30. The zero-order valence-corrected chi connectivity index (χ0v) is 29.9. The molecule has 0 aromatic rings. The first kappa shape index (κ1) is 43.7. The second-order valence-corrected chi connectivity index (χ2v) is 12.7. The monoisotopic (exact) mass is 635 g/mol. The van der Waals surface area contributed by atoms with E-state index in [-0.39, 0.29) is 12.6 Å². The first-order valence-corrected chi connectivity index (χ1v) is 19.4. The maximum Gasteiger partial charge on any atom is 0.180 e. The van der Waals surface area contributed by atoms with Gasteiger partial charge in [-0.1, -0.05) is 142 Å². The van der Waals surface area contributed by atoms with E-state index in [0.29, 0.717) is 26.1 Å². The van der Waals surface area contributed by atoms with Gasteiger partial charge in [-0.3, -0.25) is 0 Å². The molecule has 0 aliphatic heterocycles. The molecule has 0 rings (SSSR count). The van der Waals surface area contributed by atoms with Crippen LogP contribution >= 0.6 is 0 Å². The first-order valence-electron chi connectivity index (χ1n) is 19.4. The smallest absolute Gasteiger partial charge is 0.180 e. The van der Waals surface area contributed by atoms with Crippen molar-refractivity contribution in [2.45, 2.75) is 206 Å². The van der Waals surface area contributed by atoms with Crippen molar-refractivity contribution in [3.05, 3.63) is 24.3 Å². The highest BCUT2D eigenvalue weighted by Gasteiger charge is 2.13. The van der Waals surface area contributed by atoms with Crippen LogP contribution in [0.25, 0.3) is 0 Å². The Bertz CT molecular complexity index is 593. The fourth-order valence-corrected chi connectivity index (χ4v) is 5.38. The predicted molar refractivity (Wildman–Crippen MR) is 192 cm³/mol. The molecular formula is C40H74O5. The molecule has 0 aromatic heterocycles. The van der Waals surface area contributed by atoms with Crippen LogP contribution in [0.15, 0.2) is 24.3 Å². The number of carbonyl (C=O) groups excluding carboxylic acids is 2.